The van der Waals surface area contributed by atoms with Gasteiger partial charge in [0.15, 0.2) is 0 Å². The molecular formula is C45H55N9O5. The van der Waals surface area contributed by atoms with Gasteiger partial charge in [-0.3, -0.25) is 29.3 Å². The molecule has 2 N–H and O–H groups in total. The molecule has 1 unspecified atom stereocenters. The van der Waals surface area contributed by atoms with E-state index in [0.29, 0.717) is 56.1 Å². The molecule has 14 nitrogen and oxygen atoms in total. The van der Waals surface area contributed by atoms with Gasteiger partial charge in [0.25, 0.3) is 0 Å². The Bertz CT molecular complexity index is 2170. The number of piperidine rings is 4. The lowest BCUT2D eigenvalue weighted by molar-refractivity contribution is -0.140. The van der Waals surface area contributed by atoms with Gasteiger partial charge in [-0.25, -0.2) is 0 Å². The number of aromatic hydroxyl groups is 1. The highest BCUT2D eigenvalue weighted by molar-refractivity contribution is 6.01. The number of hydrogen-bond donors (Lipinski definition) is 2. The van der Waals surface area contributed by atoms with Crippen molar-refractivity contribution in [3.05, 3.63) is 84.3 Å². The first-order valence-corrected chi connectivity index (χ1v) is 21.3. The highest BCUT2D eigenvalue weighted by Crippen LogP contribution is 2.42. The Morgan fingerprint density at radius 3 is 2.31 bits per heavy atom. The molecule has 59 heavy (non-hydrogen) atoms. The molecule has 5 aliphatic rings. The molecule has 5 fully saturated rings. The van der Waals surface area contributed by atoms with E-state index in [1.165, 1.54) is 0 Å². The molecule has 1 spiro atoms. The smallest absolute Gasteiger partial charge is 0.234 e. The molecule has 4 aromatic rings. The highest BCUT2D eigenvalue weighted by atomic mass is 16.5. The predicted octanol–water partition coefficient (Wildman–Crippen LogP) is 4.39. The molecule has 2 atom stereocenters. The molecular weight excluding hydrogens is 747 g/mol. The van der Waals surface area contributed by atoms with E-state index in [0.717, 1.165) is 87.4 Å². The van der Waals surface area contributed by atoms with E-state index in [2.05, 4.69) is 47.4 Å². The molecule has 9 rings (SSSR count). The number of aromatic nitrogens is 4. The first-order chi connectivity index (χ1) is 28.6. The summed E-state index contributed by atoms with van der Waals surface area (Å²) >= 11 is 0. The van der Waals surface area contributed by atoms with E-state index in [1.54, 1.807) is 23.0 Å². The Labute approximate surface area is 345 Å². The van der Waals surface area contributed by atoms with Crippen LogP contribution in [-0.2, 0) is 31.6 Å². The van der Waals surface area contributed by atoms with Crippen molar-refractivity contribution in [2.45, 2.75) is 86.8 Å². The number of likely N-dealkylation sites (N-methyl/N-ethyl adjacent to an activating group) is 1. The number of imide groups is 1. The number of rotatable bonds is 8. The van der Waals surface area contributed by atoms with Gasteiger partial charge in [0.05, 0.1) is 47.3 Å². The molecule has 5 saturated heterocycles. The van der Waals surface area contributed by atoms with Gasteiger partial charge in [-0.1, -0.05) is 24.3 Å². The molecule has 0 aliphatic carbocycles. The number of amides is 3. The van der Waals surface area contributed by atoms with Crippen LogP contribution in [0.5, 0.6) is 5.75 Å². The Kier molecular flexibility index (Phi) is 10.6. The molecule has 0 bridgehead atoms. The number of carbonyl (C=O) groups excluding carboxylic acids is 3. The molecule has 310 valence electrons. The van der Waals surface area contributed by atoms with Crippen LogP contribution in [0.25, 0.3) is 11.3 Å². The van der Waals surface area contributed by atoms with Crippen molar-refractivity contribution in [2.75, 3.05) is 62.7 Å². The third kappa shape index (κ3) is 7.68. The maximum Gasteiger partial charge on any atom is 0.234 e. The Hall–Kier alpha value is -5.34. The molecule has 14 heteroatoms. The predicted molar refractivity (Wildman–Crippen MR) is 223 cm³/mol. The Morgan fingerprint density at radius 1 is 0.898 bits per heavy atom. The lowest BCUT2D eigenvalue weighted by Gasteiger charge is -2.46. The number of hydrogen-bond acceptors (Lipinski definition) is 11. The SMILES string of the molecule is CN(C(=O)C1(c2cnn(C)c2)CCN(c2cnnc(-c3ccccc3O)c2)CC1)C1CCN(C2COC3(CCN(c4ccc([C@H]5CCC(=O)NC5=O)cc4)CC3)C2)CC1. The summed E-state index contributed by atoms with van der Waals surface area (Å²) in [6, 6.07) is 18.0. The summed E-state index contributed by atoms with van der Waals surface area (Å²) in [6.45, 7) is 5.85. The Morgan fingerprint density at radius 2 is 1.61 bits per heavy atom. The van der Waals surface area contributed by atoms with Gasteiger partial charge >= 0.3 is 0 Å². The molecule has 5 aliphatic heterocycles. The number of phenolic OH excluding ortho intramolecular Hbond substituents is 1. The number of likely N-dealkylation sites (tertiary alicyclic amines) is 1. The van der Waals surface area contributed by atoms with Crippen LogP contribution < -0.4 is 15.1 Å². The lowest BCUT2D eigenvalue weighted by atomic mass is 9.72. The monoisotopic (exact) mass is 801 g/mol. The van der Waals surface area contributed by atoms with Gasteiger partial charge < -0.3 is 24.5 Å². The number of carbonyl (C=O) groups is 3. The largest absolute Gasteiger partial charge is 0.507 e. The van der Waals surface area contributed by atoms with E-state index in [-0.39, 0.29) is 41.0 Å². The lowest BCUT2D eigenvalue weighted by Crippen LogP contribution is -2.56. The zero-order chi connectivity index (χ0) is 40.7. The summed E-state index contributed by atoms with van der Waals surface area (Å²) in [4.78, 5) is 48.1. The van der Waals surface area contributed by atoms with Crippen LogP contribution in [-0.4, -0.2) is 123 Å². The molecule has 7 heterocycles. The van der Waals surface area contributed by atoms with Crippen LogP contribution in [0.15, 0.2) is 73.2 Å². The normalized spacial score (nSPS) is 23.7. The minimum Gasteiger partial charge on any atom is -0.507 e. The minimum atomic E-state index is -0.673. The van der Waals surface area contributed by atoms with E-state index < -0.39 is 5.41 Å². The summed E-state index contributed by atoms with van der Waals surface area (Å²) in [6.07, 6.45) is 12.8. The molecule has 0 saturated carbocycles. The Balaban J connectivity index is 0.788. The quantitative estimate of drug-likeness (QED) is 0.245. The fraction of sp³-hybridized carbons (Fsp3) is 0.511. The summed E-state index contributed by atoms with van der Waals surface area (Å²) in [7, 11) is 3.91. The zero-order valence-electron chi connectivity index (χ0n) is 34.1. The third-order valence-electron chi connectivity index (χ3n) is 14.1. The van der Waals surface area contributed by atoms with Gasteiger partial charge in [-0.05, 0) is 87.3 Å². The van der Waals surface area contributed by atoms with Crippen LogP contribution in [0.4, 0.5) is 11.4 Å². The van der Waals surface area contributed by atoms with Crippen LogP contribution in [0, 0.1) is 0 Å². The second-order valence-corrected chi connectivity index (χ2v) is 17.4. The average molecular weight is 802 g/mol. The maximum atomic E-state index is 14.8. The van der Waals surface area contributed by atoms with Gasteiger partial charge in [-0.2, -0.15) is 15.3 Å². The molecule has 2 aromatic heterocycles. The second kappa shape index (κ2) is 16.0. The molecule has 0 radical (unpaired) electrons. The van der Waals surface area contributed by atoms with Gasteiger partial charge in [0.1, 0.15) is 5.75 Å². The van der Waals surface area contributed by atoms with Gasteiger partial charge in [-0.15, -0.1) is 0 Å². The number of aryl methyl sites for hydroxylation is 1. The zero-order valence-corrected chi connectivity index (χ0v) is 34.1. The standard InChI is InChI=1S/C45H55N9O5/c1-50-29-32(27-47-50)45(17-23-54(24-18-45)35-25-39(49-46-28-35)38-5-3-4-6-40(38)55)43(58)51(2)33-13-19-52(20-14-33)36-26-44(59-30-36)15-21-53(22-16-44)34-9-7-31(8-10-34)37-11-12-41(56)48-42(37)57/h3-10,25,27-29,33,36-37,55H,11-24,26,30H2,1-2H3,(H,48,56,57)/t36?,37-/m1/s1. The van der Waals surface area contributed by atoms with E-state index >= 15 is 0 Å². The number of ether oxygens (including phenoxy) is 1. The number of phenols is 1. The van der Waals surface area contributed by atoms with Gasteiger partial charge in [0, 0.05) is 94.9 Å². The number of benzene rings is 2. The summed E-state index contributed by atoms with van der Waals surface area (Å²) in [5.74, 6) is -0.312. The van der Waals surface area contributed by atoms with Crippen molar-refractivity contribution >= 4 is 29.1 Å². The van der Waals surface area contributed by atoms with E-state index in [4.69, 9.17) is 4.74 Å². The molecule has 2 aromatic carbocycles. The number of nitrogens with zero attached hydrogens (tertiary/aromatic N) is 8. The summed E-state index contributed by atoms with van der Waals surface area (Å²) in [5.41, 5.74) is 4.50. The van der Waals surface area contributed by atoms with Crippen molar-refractivity contribution in [1.29, 1.82) is 0 Å². The van der Waals surface area contributed by atoms with Crippen LogP contribution in [0.3, 0.4) is 0 Å². The first-order valence-electron chi connectivity index (χ1n) is 21.3. The number of nitrogens with one attached hydrogen (secondary N) is 1. The fourth-order valence-corrected chi connectivity index (χ4v) is 10.4. The van der Waals surface area contributed by atoms with Crippen LogP contribution in [0.1, 0.15) is 74.8 Å². The van der Waals surface area contributed by atoms with Crippen molar-refractivity contribution in [3.8, 4) is 17.0 Å². The summed E-state index contributed by atoms with van der Waals surface area (Å²) in [5, 5.41) is 26.0. The topological polar surface area (TPSA) is 149 Å². The van der Waals surface area contributed by atoms with E-state index in [1.807, 2.05) is 61.7 Å². The first kappa shape index (κ1) is 39.1. The second-order valence-electron chi connectivity index (χ2n) is 17.4. The van der Waals surface area contributed by atoms with Crippen molar-refractivity contribution in [1.82, 2.24) is 35.1 Å². The number of anilines is 2. The minimum absolute atomic E-state index is 0.0976. The summed E-state index contributed by atoms with van der Waals surface area (Å²) < 4.78 is 8.44. The van der Waals surface area contributed by atoms with Crippen molar-refractivity contribution in [3.63, 3.8) is 0 Å². The fourth-order valence-electron chi connectivity index (χ4n) is 10.4. The third-order valence-corrected chi connectivity index (χ3v) is 14.1. The maximum absolute atomic E-state index is 14.8. The van der Waals surface area contributed by atoms with Crippen molar-refractivity contribution in [2.24, 2.45) is 7.05 Å². The number of para-hydroxylation sites is 1. The van der Waals surface area contributed by atoms with Crippen molar-refractivity contribution < 1.29 is 24.2 Å². The van der Waals surface area contributed by atoms with Crippen LogP contribution in [0.2, 0.25) is 0 Å². The van der Waals surface area contributed by atoms with Crippen LogP contribution >= 0.6 is 0 Å². The average Bonchev–Trinajstić information content (AvgIpc) is 3.90. The van der Waals surface area contributed by atoms with Gasteiger partial charge in [0.2, 0.25) is 17.7 Å². The molecule has 3 amide bonds. The van der Waals surface area contributed by atoms with E-state index in [9.17, 15) is 19.5 Å². The highest BCUT2D eigenvalue weighted by Gasteiger charge is 2.48.